The van der Waals surface area contributed by atoms with Gasteiger partial charge in [-0.05, 0) is 24.6 Å². The van der Waals surface area contributed by atoms with E-state index in [4.69, 9.17) is 5.90 Å². The summed E-state index contributed by atoms with van der Waals surface area (Å²) in [5.74, 6) is 5.04. The maximum absolute atomic E-state index is 5.04. The zero-order valence-corrected chi connectivity index (χ0v) is 7.84. The number of hydrogen-bond acceptors (Lipinski definition) is 2. The van der Waals surface area contributed by atoms with Gasteiger partial charge in [0.15, 0.2) is 0 Å². The fraction of sp³-hybridized carbons (Fsp3) is 0.250. The Balaban J connectivity index is 2.86. The minimum absolute atomic E-state index is 0.0486. The van der Waals surface area contributed by atoms with Crippen LogP contribution in [0.15, 0.2) is 28.7 Å². The highest BCUT2D eigenvalue weighted by atomic mass is 79.9. The number of nitrogens with two attached hydrogens (primary N) is 1. The van der Waals surface area contributed by atoms with Gasteiger partial charge in [0.05, 0.1) is 0 Å². The van der Waals surface area contributed by atoms with Crippen LogP contribution in [0.4, 0.5) is 0 Å². The summed E-state index contributed by atoms with van der Waals surface area (Å²) in [5.41, 5.74) is 1.07. The monoisotopic (exact) mass is 215 g/mol. The molecule has 11 heavy (non-hydrogen) atoms. The molecule has 0 aliphatic carbocycles. The van der Waals surface area contributed by atoms with E-state index >= 15 is 0 Å². The molecule has 0 spiro atoms. The summed E-state index contributed by atoms with van der Waals surface area (Å²) in [4.78, 5) is 4.67. The van der Waals surface area contributed by atoms with E-state index in [1.54, 1.807) is 0 Å². The van der Waals surface area contributed by atoms with Gasteiger partial charge in [-0.1, -0.05) is 28.1 Å². The Bertz CT molecular complexity index is 239. The van der Waals surface area contributed by atoms with Crippen molar-refractivity contribution in [1.29, 1.82) is 0 Å². The number of halogens is 1. The smallest absolute Gasteiger partial charge is 0.101 e. The minimum atomic E-state index is -0.0486. The van der Waals surface area contributed by atoms with Crippen molar-refractivity contribution in [2.24, 2.45) is 5.90 Å². The molecule has 1 aromatic carbocycles. The molecule has 1 aromatic rings. The first kappa shape index (κ1) is 8.71. The minimum Gasteiger partial charge on any atom is -0.297 e. The highest BCUT2D eigenvalue weighted by Gasteiger charge is 2.02. The second kappa shape index (κ2) is 3.85. The fourth-order valence-electron chi connectivity index (χ4n) is 0.838. The van der Waals surface area contributed by atoms with Crippen LogP contribution in [0.1, 0.15) is 18.6 Å². The van der Waals surface area contributed by atoms with E-state index in [1.165, 1.54) is 0 Å². The molecule has 3 heteroatoms. The van der Waals surface area contributed by atoms with Gasteiger partial charge in [0.2, 0.25) is 0 Å². The molecule has 0 saturated heterocycles. The van der Waals surface area contributed by atoms with Crippen molar-refractivity contribution in [2.75, 3.05) is 0 Å². The van der Waals surface area contributed by atoms with Crippen LogP contribution in [0, 0.1) is 0 Å². The van der Waals surface area contributed by atoms with Gasteiger partial charge in [0, 0.05) is 4.47 Å². The summed E-state index contributed by atoms with van der Waals surface area (Å²) < 4.78 is 1.04. The van der Waals surface area contributed by atoms with Gasteiger partial charge in [0.25, 0.3) is 0 Å². The van der Waals surface area contributed by atoms with E-state index < -0.39 is 0 Å². The Morgan fingerprint density at radius 3 is 2.82 bits per heavy atom. The Hall–Kier alpha value is -0.380. The molecular formula is C8H10BrNO. The molecule has 1 unspecified atom stereocenters. The largest absolute Gasteiger partial charge is 0.297 e. The average molecular weight is 216 g/mol. The third kappa shape index (κ3) is 2.29. The fourth-order valence-corrected chi connectivity index (χ4v) is 1.25. The number of rotatable bonds is 2. The number of hydrogen-bond donors (Lipinski definition) is 1. The lowest BCUT2D eigenvalue weighted by atomic mass is 10.1. The highest BCUT2D eigenvalue weighted by Crippen LogP contribution is 2.18. The van der Waals surface area contributed by atoms with Gasteiger partial charge in [-0.15, -0.1) is 0 Å². The summed E-state index contributed by atoms with van der Waals surface area (Å²) in [6.45, 7) is 1.90. The van der Waals surface area contributed by atoms with Crippen molar-refractivity contribution in [1.82, 2.24) is 0 Å². The maximum Gasteiger partial charge on any atom is 0.101 e. The summed E-state index contributed by atoms with van der Waals surface area (Å²) >= 11 is 3.36. The van der Waals surface area contributed by atoms with Gasteiger partial charge in [-0.25, -0.2) is 5.90 Å². The molecule has 60 valence electrons. The van der Waals surface area contributed by atoms with Crippen LogP contribution in [0.3, 0.4) is 0 Å². The van der Waals surface area contributed by atoms with Gasteiger partial charge in [0.1, 0.15) is 6.10 Å². The van der Waals surface area contributed by atoms with Crippen molar-refractivity contribution < 1.29 is 4.84 Å². The average Bonchev–Trinajstić information content (AvgIpc) is 2.03. The molecule has 0 fully saturated rings. The molecule has 1 atom stereocenters. The predicted octanol–water partition coefficient (Wildman–Crippen LogP) is 2.40. The Morgan fingerprint density at radius 2 is 2.27 bits per heavy atom. The van der Waals surface area contributed by atoms with E-state index in [2.05, 4.69) is 20.8 Å². The van der Waals surface area contributed by atoms with Crippen LogP contribution < -0.4 is 5.90 Å². The van der Waals surface area contributed by atoms with Gasteiger partial charge in [-0.3, -0.25) is 4.84 Å². The van der Waals surface area contributed by atoms with Crippen molar-refractivity contribution >= 4 is 15.9 Å². The lowest BCUT2D eigenvalue weighted by Crippen LogP contribution is -2.04. The lowest BCUT2D eigenvalue weighted by molar-refractivity contribution is 0.0664. The summed E-state index contributed by atoms with van der Waals surface area (Å²) in [6, 6.07) is 7.88. The van der Waals surface area contributed by atoms with Crippen LogP contribution in [-0.4, -0.2) is 0 Å². The Morgan fingerprint density at radius 1 is 1.55 bits per heavy atom. The molecule has 1 rings (SSSR count). The topological polar surface area (TPSA) is 35.2 Å². The van der Waals surface area contributed by atoms with E-state index in [0.717, 1.165) is 10.0 Å². The lowest BCUT2D eigenvalue weighted by Gasteiger charge is -2.08. The van der Waals surface area contributed by atoms with Crippen LogP contribution >= 0.6 is 15.9 Å². The number of benzene rings is 1. The molecule has 0 aliphatic rings. The first-order valence-electron chi connectivity index (χ1n) is 3.35. The molecule has 0 amide bonds. The molecule has 0 radical (unpaired) electrons. The zero-order chi connectivity index (χ0) is 8.27. The molecular weight excluding hydrogens is 206 g/mol. The second-order valence-electron chi connectivity index (χ2n) is 2.33. The molecule has 2 nitrogen and oxygen atoms in total. The summed E-state index contributed by atoms with van der Waals surface area (Å²) in [6.07, 6.45) is -0.0486. The first-order valence-corrected chi connectivity index (χ1v) is 4.14. The Labute approximate surface area is 74.4 Å². The van der Waals surface area contributed by atoms with Gasteiger partial charge >= 0.3 is 0 Å². The van der Waals surface area contributed by atoms with E-state index in [9.17, 15) is 0 Å². The molecule has 0 aromatic heterocycles. The van der Waals surface area contributed by atoms with E-state index in [-0.39, 0.29) is 6.10 Å². The molecule has 0 heterocycles. The zero-order valence-electron chi connectivity index (χ0n) is 6.25. The second-order valence-corrected chi connectivity index (χ2v) is 3.25. The third-order valence-corrected chi connectivity index (χ3v) is 2.02. The van der Waals surface area contributed by atoms with Gasteiger partial charge < -0.3 is 0 Å². The maximum atomic E-state index is 5.04. The Kier molecular flexibility index (Phi) is 3.05. The van der Waals surface area contributed by atoms with E-state index in [0.29, 0.717) is 0 Å². The van der Waals surface area contributed by atoms with E-state index in [1.807, 2.05) is 31.2 Å². The standard InChI is InChI=1S/C8H10BrNO/c1-6(11-10)7-3-2-4-8(9)5-7/h2-6H,10H2,1H3. The van der Waals surface area contributed by atoms with Crippen LogP contribution in [-0.2, 0) is 4.84 Å². The van der Waals surface area contributed by atoms with Crippen molar-refractivity contribution in [2.45, 2.75) is 13.0 Å². The van der Waals surface area contributed by atoms with Crippen molar-refractivity contribution in [3.8, 4) is 0 Å². The molecule has 0 bridgehead atoms. The quantitative estimate of drug-likeness (QED) is 0.770. The van der Waals surface area contributed by atoms with Crippen molar-refractivity contribution in [3.63, 3.8) is 0 Å². The van der Waals surface area contributed by atoms with Crippen LogP contribution in [0.5, 0.6) is 0 Å². The van der Waals surface area contributed by atoms with Crippen LogP contribution in [0.25, 0.3) is 0 Å². The molecule has 2 N–H and O–H groups in total. The summed E-state index contributed by atoms with van der Waals surface area (Å²) in [5, 5.41) is 0. The highest BCUT2D eigenvalue weighted by molar-refractivity contribution is 9.10. The molecule has 0 saturated carbocycles. The van der Waals surface area contributed by atoms with Crippen molar-refractivity contribution in [3.05, 3.63) is 34.3 Å². The van der Waals surface area contributed by atoms with Crippen LogP contribution in [0.2, 0.25) is 0 Å². The third-order valence-electron chi connectivity index (χ3n) is 1.52. The predicted molar refractivity (Wildman–Crippen MR) is 47.8 cm³/mol. The molecule has 0 aliphatic heterocycles. The van der Waals surface area contributed by atoms with Gasteiger partial charge in [-0.2, -0.15) is 0 Å². The first-order chi connectivity index (χ1) is 5.24. The summed E-state index contributed by atoms with van der Waals surface area (Å²) in [7, 11) is 0. The normalized spacial score (nSPS) is 13.0. The SMILES string of the molecule is CC(ON)c1cccc(Br)c1.